The SMILES string of the molecule is Cc1nc(N2CCN(CCn3nc4c(cc3=O)CSCC4)CC2)sc1C. The standard InChI is InChI=1S/C18H25N5OS2/c1-13-14(2)26-18(19-13)22-7-4-21(5-8-22)6-9-23-17(24)11-15-12-25-10-3-16(15)20-23/h11H,3-10,12H2,1-2H3. The van der Waals surface area contributed by atoms with Crippen LogP contribution in [0.5, 0.6) is 0 Å². The fourth-order valence-electron chi connectivity index (χ4n) is 3.40. The number of thiazole rings is 1. The van der Waals surface area contributed by atoms with E-state index in [0.29, 0.717) is 6.54 Å². The Labute approximate surface area is 162 Å². The van der Waals surface area contributed by atoms with Gasteiger partial charge in [0.05, 0.1) is 17.9 Å². The van der Waals surface area contributed by atoms with Gasteiger partial charge in [-0.15, -0.1) is 11.3 Å². The van der Waals surface area contributed by atoms with Crippen LogP contribution in [0, 0.1) is 13.8 Å². The number of rotatable bonds is 4. The molecule has 0 saturated carbocycles. The Morgan fingerprint density at radius 1 is 1.15 bits per heavy atom. The molecule has 2 aromatic rings. The van der Waals surface area contributed by atoms with Crippen molar-refractivity contribution in [3.05, 3.63) is 38.2 Å². The molecule has 0 spiro atoms. The van der Waals surface area contributed by atoms with Gasteiger partial charge in [-0.25, -0.2) is 9.67 Å². The summed E-state index contributed by atoms with van der Waals surface area (Å²) in [4.78, 5) is 23.1. The minimum absolute atomic E-state index is 0.0404. The molecule has 1 fully saturated rings. The molecule has 0 bridgehead atoms. The summed E-state index contributed by atoms with van der Waals surface area (Å²) in [5.41, 5.74) is 3.43. The molecule has 1 saturated heterocycles. The molecule has 4 heterocycles. The third-order valence-electron chi connectivity index (χ3n) is 5.19. The number of thioether (sulfide) groups is 1. The first-order chi connectivity index (χ1) is 12.6. The lowest BCUT2D eigenvalue weighted by molar-refractivity contribution is 0.242. The highest BCUT2D eigenvalue weighted by molar-refractivity contribution is 7.98. The molecule has 0 radical (unpaired) electrons. The lowest BCUT2D eigenvalue weighted by Gasteiger charge is -2.34. The van der Waals surface area contributed by atoms with E-state index in [-0.39, 0.29) is 5.56 Å². The van der Waals surface area contributed by atoms with Gasteiger partial charge in [0.15, 0.2) is 5.13 Å². The molecule has 0 aromatic carbocycles. The predicted octanol–water partition coefficient (Wildman–Crippen LogP) is 1.93. The maximum atomic E-state index is 12.3. The van der Waals surface area contributed by atoms with Gasteiger partial charge in [0.1, 0.15) is 0 Å². The van der Waals surface area contributed by atoms with Gasteiger partial charge in [0.2, 0.25) is 0 Å². The number of fused-ring (bicyclic) bond motifs is 1. The average Bonchev–Trinajstić information content (AvgIpc) is 2.99. The summed E-state index contributed by atoms with van der Waals surface area (Å²) in [6.07, 6.45) is 0.978. The van der Waals surface area contributed by atoms with Crippen LogP contribution in [0.25, 0.3) is 0 Å². The van der Waals surface area contributed by atoms with Gasteiger partial charge < -0.3 is 4.90 Å². The van der Waals surface area contributed by atoms with Crippen molar-refractivity contribution >= 4 is 28.2 Å². The van der Waals surface area contributed by atoms with E-state index in [9.17, 15) is 4.79 Å². The molecule has 0 aliphatic carbocycles. The van der Waals surface area contributed by atoms with Gasteiger partial charge in [-0.1, -0.05) is 0 Å². The van der Waals surface area contributed by atoms with E-state index >= 15 is 0 Å². The van der Waals surface area contributed by atoms with E-state index in [1.54, 1.807) is 22.1 Å². The summed E-state index contributed by atoms with van der Waals surface area (Å²) in [5.74, 6) is 2.03. The second-order valence-electron chi connectivity index (χ2n) is 6.95. The van der Waals surface area contributed by atoms with E-state index in [0.717, 1.165) is 72.7 Å². The fraction of sp³-hybridized carbons (Fsp3) is 0.611. The second-order valence-corrected chi connectivity index (χ2v) is 9.23. The molecule has 8 heteroatoms. The summed E-state index contributed by atoms with van der Waals surface area (Å²) in [6, 6.07) is 1.79. The number of piperazine rings is 1. The number of hydrogen-bond acceptors (Lipinski definition) is 7. The Morgan fingerprint density at radius 3 is 2.69 bits per heavy atom. The fourth-order valence-corrected chi connectivity index (χ4v) is 5.32. The minimum atomic E-state index is 0.0404. The van der Waals surface area contributed by atoms with Crippen molar-refractivity contribution in [1.82, 2.24) is 19.7 Å². The monoisotopic (exact) mass is 391 g/mol. The molecule has 6 nitrogen and oxygen atoms in total. The molecule has 0 N–H and O–H groups in total. The van der Waals surface area contributed by atoms with Crippen molar-refractivity contribution in [2.45, 2.75) is 32.6 Å². The van der Waals surface area contributed by atoms with E-state index in [1.165, 1.54) is 4.88 Å². The zero-order chi connectivity index (χ0) is 18.1. The second kappa shape index (κ2) is 7.70. The van der Waals surface area contributed by atoms with Gasteiger partial charge in [-0.2, -0.15) is 16.9 Å². The molecule has 4 rings (SSSR count). The van der Waals surface area contributed by atoms with Crippen molar-refractivity contribution in [1.29, 1.82) is 0 Å². The molecule has 2 aromatic heterocycles. The van der Waals surface area contributed by atoms with Crippen molar-refractivity contribution in [2.24, 2.45) is 0 Å². The summed E-state index contributed by atoms with van der Waals surface area (Å²) < 4.78 is 1.66. The highest BCUT2D eigenvalue weighted by Gasteiger charge is 2.20. The maximum absolute atomic E-state index is 12.3. The van der Waals surface area contributed by atoms with E-state index < -0.39 is 0 Å². The molecule has 0 atom stereocenters. The van der Waals surface area contributed by atoms with Crippen LogP contribution in [0.3, 0.4) is 0 Å². The zero-order valence-electron chi connectivity index (χ0n) is 15.4. The Bertz CT molecular complexity index is 819. The minimum Gasteiger partial charge on any atom is -0.346 e. The topological polar surface area (TPSA) is 54.3 Å². The van der Waals surface area contributed by atoms with Crippen molar-refractivity contribution in [3.63, 3.8) is 0 Å². The number of aromatic nitrogens is 3. The Kier molecular flexibility index (Phi) is 5.33. The van der Waals surface area contributed by atoms with Crippen LogP contribution in [-0.2, 0) is 18.7 Å². The molecule has 2 aliphatic heterocycles. The molecule has 140 valence electrons. The Morgan fingerprint density at radius 2 is 1.96 bits per heavy atom. The lowest BCUT2D eigenvalue weighted by atomic mass is 10.2. The van der Waals surface area contributed by atoms with Gasteiger partial charge in [-0.05, 0) is 25.2 Å². The average molecular weight is 392 g/mol. The van der Waals surface area contributed by atoms with Crippen LogP contribution in [0.1, 0.15) is 21.8 Å². The van der Waals surface area contributed by atoms with Gasteiger partial charge in [-0.3, -0.25) is 9.69 Å². The first kappa shape index (κ1) is 18.0. The van der Waals surface area contributed by atoms with Crippen LogP contribution in [0.4, 0.5) is 5.13 Å². The molecular weight excluding hydrogens is 366 g/mol. The van der Waals surface area contributed by atoms with Crippen LogP contribution < -0.4 is 10.5 Å². The van der Waals surface area contributed by atoms with Crippen LogP contribution >= 0.6 is 23.1 Å². The smallest absolute Gasteiger partial charge is 0.267 e. The maximum Gasteiger partial charge on any atom is 0.267 e. The van der Waals surface area contributed by atoms with Crippen LogP contribution in [0.2, 0.25) is 0 Å². The number of anilines is 1. The summed E-state index contributed by atoms with van der Waals surface area (Å²) >= 11 is 3.67. The third-order valence-corrected chi connectivity index (χ3v) is 7.33. The van der Waals surface area contributed by atoms with E-state index in [4.69, 9.17) is 0 Å². The van der Waals surface area contributed by atoms with Gasteiger partial charge in [0.25, 0.3) is 5.56 Å². The molecule has 0 unspecified atom stereocenters. The van der Waals surface area contributed by atoms with Crippen LogP contribution in [0.15, 0.2) is 10.9 Å². The quantitative estimate of drug-likeness (QED) is 0.794. The first-order valence-electron chi connectivity index (χ1n) is 9.19. The first-order valence-corrected chi connectivity index (χ1v) is 11.2. The molecule has 26 heavy (non-hydrogen) atoms. The predicted molar refractivity (Wildman–Crippen MR) is 109 cm³/mol. The zero-order valence-corrected chi connectivity index (χ0v) is 17.0. The van der Waals surface area contributed by atoms with Crippen LogP contribution in [-0.4, -0.2) is 58.1 Å². The Balaban J connectivity index is 1.33. The Hall–Kier alpha value is -1.38. The molecule has 2 aliphatic rings. The largest absolute Gasteiger partial charge is 0.346 e. The summed E-state index contributed by atoms with van der Waals surface area (Å²) in [5, 5.41) is 5.76. The highest BCUT2D eigenvalue weighted by atomic mass is 32.2. The summed E-state index contributed by atoms with van der Waals surface area (Å²) in [7, 11) is 0. The van der Waals surface area contributed by atoms with Gasteiger partial charge in [0, 0.05) is 55.8 Å². The van der Waals surface area contributed by atoms with Crippen molar-refractivity contribution in [3.8, 4) is 0 Å². The third kappa shape index (κ3) is 3.82. The molecular formula is C18H25N5OS2. The van der Waals surface area contributed by atoms with Crippen molar-refractivity contribution < 1.29 is 0 Å². The summed E-state index contributed by atoms with van der Waals surface area (Å²) in [6.45, 7) is 9.77. The van der Waals surface area contributed by atoms with E-state index in [2.05, 4.69) is 33.7 Å². The number of nitrogens with zero attached hydrogens (tertiary/aromatic N) is 5. The van der Waals surface area contributed by atoms with Gasteiger partial charge >= 0.3 is 0 Å². The number of hydrogen-bond donors (Lipinski definition) is 0. The normalized spacial score (nSPS) is 18.2. The molecule has 0 amide bonds. The van der Waals surface area contributed by atoms with Crippen molar-refractivity contribution in [2.75, 3.05) is 43.4 Å². The number of aryl methyl sites for hydroxylation is 3. The lowest BCUT2D eigenvalue weighted by Crippen LogP contribution is -2.47. The van der Waals surface area contributed by atoms with E-state index in [1.807, 2.05) is 11.8 Å². The highest BCUT2D eigenvalue weighted by Crippen LogP contribution is 2.26.